The first-order chi connectivity index (χ1) is 12.5. The third kappa shape index (κ3) is 6.18. The number of hydrogen-bond acceptors (Lipinski definition) is 3. The summed E-state index contributed by atoms with van der Waals surface area (Å²) < 4.78 is 66.0. The van der Waals surface area contributed by atoms with Crippen molar-refractivity contribution in [2.45, 2.75) is 26.4 Å². The van der Waals surface area contributed by atoms with E-state index in [1.165, 1.54) is 4.31 Å². The average molecular weight is 407 g/mol. The van der Waals surface area contributed by atoms with Gasteiger partial charge in [0, 0.05) is 31.7 Å². The smallest absolute Gasteiger partial charge is 0.351 e. The van der Waals surface area contributed by atoms with Gasteiger partial charge in [0.15, 0.2) is 0 Å². The van der Waals surface area contributed by atoms with Crippen LogP contribution in [-0.4, -0.2) is 44.8 Å². The fraction of sp³-hybridized carbons (Fsp3) is 0.588. The maximum Gasteiger partial charge on any atom is 0.416 e. The molecule has 1 fully saturated rings. The Morgan fingerprint density at radius 1 is 1.11 bits per heavy atom. The highest BCUT2D eigenvalue weighted by atomic mass is 32.2. The highest BCUT2D eigenvalue weighted by molar-refractivity contribution is 7.87. The van der Waals surface area contributed by atoms with Crippen LogP contribution in [0.15, 0.2) is 24.3 Å². The molecule has 152 valence electrons. The number of hydrogen-bond donors (Lipinski definition) is 2. The summed E-state index contributed by atoms with van der Waals surface area (Å²) in [7, 11) is -3.63. The van der Waals surface area contributed by atoms with Crippen molar-refractivity contribution in [3.8, 4) is 0 Å². The molecule has 0 aliphatic carbocycles. The van der Waals surface area contributed by atoms with E-state index >= 15 is 0 Å². The molecule has 1 saturated heterocycles. The summed E-state index contributed by atoms with van der Waals surface area (Å²) in [6, 6.07) is 3.82. The van der Waals surface area contributed by atoms with E-state index in [4.69, 9.17) is 0 Å². The second kappa shape index (κ2) is 8.57. The molecule has 1 aliphatic heterocycles. The molecule has 1 aromatic carbocycles. The fourth-order valence-corrected chi connectivity index (χ4v) is 4.61. The normalized spacial score (nSPS) is 21.8. The van der Waals surface area contributed by atoms with Crippen molar-refractivity contribution < 1.29 is 26.4 Å². The van der Waals surface area contributed by atoms with Gasteiger partial charge in [-0.1, -0.05) is 13.8 Å². The lowest BCUT2D eigenvalue weighted by Crippen LogP contribution is -2.49. The van der Waals surface area contributed by atoms with Gasteiger partial charge in [-0.2, -0.15) is 25.9 Å². The summed E-state index contributed by atoms with van der Waals surface area (Å²) in [5.74, 6) is -0.00228. The molecular weight excluding hydrogens is 383 g/mol. The quantitative estimate of drug-likeness (QED) is 0.710. The number of carbonyl (C=O) groups excluding carboxylic acids is 1. The molecule has 6 nitrogen and oxygen atoms in total. The van der Waals surface area contributed by atoms with Gasteiger partial charge in [-0.15, -0.1) is 0 Å². The number of piperidine rings is 1. The molecule has 0 bridgehead atoms. The molecule has 0 radical (unpaired) electrons. The average Bonchev–Trinajstić information content (AvgIpc) is 2.57. The van der Waals surface area contributed by atoms with Gasteiger partial charge >= 0.3 is 6.18 Å². The van der Waals surface area contributed by atoms with Crippen LogP contribution >= 0.6 is 0 Å². The lowest BCUT2D eigenvalue weighted by molar-refractivity contribution is -0.137. The number of nitrogens with zero attached hydrogens (tertiary/aromatic N) is 1. The van der Waals surface area contributed by atoms with E-state index in [9.17, 15) is 26.4 Å². The minimum atomic E-state index is -4.46. The van der Waals surface area contributed by atoms with E-state index in [2.05, 4.69) is 10.0 Å². The molecule has 2 atom stereocenters. The topological polar surface area (TPSA) is 78.5 Å². The first-order valence-electron chi connectivity index (χ1n) is 8.69. The molecule has 0 spiro atoms. The molecule has 2 N–H and O–H groups in total. The standard InChI is InChI=1S/C17H24F3N3O3S/c1-12-9-13(2)11-23(10-12)27(25,26)22-8-7-21-16(24)14-3-5-15(6-4-14)17(18,19)20/h3-6,12-13,22H,7-11H2,1-2H3,(H,21,24). The van der Waals surface area contributed by atoms with Crippen molar-refractivity contribution in [3.63, 3.8) is 0 Å². The predicted octanol–water partition coefficient (Wildman–Crippen LogP) is 2.25. The number of halogens is 3. The number of carbonyl (C=O) groups is 1. The van der Waals surface area contributed by atoms with E-state index in [1.54, 1.807) is 0 Å². The largest absolute Gasteiger partial charge is 0.416 e. The zero-order valence-electron chi connectivity index (χ0n) is 15.2. The Kier molecular flexibility index (Phi) is 6.87. The summed E-state index contributed by atoms with van der Waals surface area (Å²) in [5, 5.41) is 2.48. The van der Waals surface area contributed by atoms with Crippen molar-refractivity contribution in [3.05, 3.63) is 35.4 Å². The van der Waals surface area contributed by atoms with Crippen LogP contribution in [0.2, 0.25) is 0 Å². The zero-order valence-corrected chi connectivity index (χ0v) is 16.0. The molecule has 10 heteroatoms. The first kappa shape index (κ1) is 21.6. The van der Waals surface area contributed by atoms with E-state index in [-0.39, 0.29) is 30.5 Å². The van der Waals surface area contributed by atoms with Gasteiger partial charge < -0.3 is 5.32 Å². The maximum absolute atomic E-state index is 12.5. The van der Waals surface area contributed by atoms with Gasteiger partial charge in [0.05, 0.1) is 5.56 Å². The Hall–Kier alpha value is -1.65. The predicted molar refractivity (Wildman–Crippen MR) is 95.2 cm³/mol. The van der Waals surface area contributed by atoms with Gasteiger partial charge in [0.25, 0.3) is 16.1 Å². The van der Waals surface area contributed by atoms with Gasteiger partial charge in [0.2, 0.25) is 0 Å². The highest BCUT2D eigenvalue weighted by Crippen LogP contribution is 2.29. The molecule has 1 amide bonds. The number of benzene rings is 1. The van der Waals surface area contributed by atoms with Gasteiger partial charge in [-0.05, 0) is 42.5 Å². The van der Waals surface area contributed by atoms with Crippen LogP contribution in [0.4, 0.5) is 13.2 Å². The lowest BCUT2D eigenvalue weighted by atomic mass is 9.94. The Labute approximate surface area is 157 Å². The third-order valence-corrected chi connectivity index (χ3v) is 5.89. The maximum atomic E-state index is 12.5. The summed E-state index contributed by atoms with van der Waals surface area (Å²) in [5.41, 5.74) is -0.763. The van der Waals surface area contributed by atoms with Crippen LogP contribution in [0.25, 0.3) is 0 Å². The van der Waals surface area contributed by atoms with Gasteiger partial charge in [0.1, 0.15) is 0 Å². The number of nitrogens with one attached hydrogen (secondary N) is 2. The lowest BCUT2D eigenvalue weighted by Gasteiger charge is -2.33. The molecule has 2 rings (SSSR count). The van der Waals surface area contributed by atoms with Gasteiger partial charge in [-0.3, -0.25) is 4.79 Å². The zero-order chi connectivity index (χ0) is 20.2. The molecule has 27 heavy (non-hydrogen) atoms. The Morgan fingerprint density at radius 2 is 1.67 bits per heavy atom. The van der Waals surface area contributed by atoms with Crippen LogP contribution in [0, 0.1) is 11.8 Å². The second-order valence-corrected chi connectivity index (χ2v) is 8.75. The van der Waals surface area contributed by atoms with Crippen LogP contribution in [0.3, 0.4) is 0 Å². The summed E-state index contributed by atoms with van der Waals surface area (Å²) in [4.78, 5) is 11.9. The summed E-state index contributed by atoms with van der Waals surface area (Å²) in [6.45, 7) is 4.94. The van der Waals surface area contributed by atoms with Crippen LogP contribution < -0.4 is 10.0 Å². The summed E-state index contributed by atoms with van der Waals surface area (Å²) >= 11 is 0. The number of amides is 1. The van der Waals surface area contributed by atoms with Crippen LogP contribution in [-0.2, 0) is 16.4 Å². The van der Waals surface area contributed by atoms with E-state index in [0.29, 0.717) is 13.1 Å². The Balaban J connectivity index is 1.81. The molecule has 1 aromatic rings. The highest BCUT2D eigenvalue weighted by Gasteiger charge is 2.31. The SMILES string of the molecule is CC1CC(C)CN(S(=O)(=O)NCCNC(=O)c2ccc(C(F)(F)F)cc2)C1. The molecule has 0 aromatic heterocycles. The third-order valence-electron chi connectivity index (χ3n) is 4.34. The minimum Gasteiger partial charge on any atom is -0.351 e. The second-order valence-electron chi connectivity index (χ2n) is 6.99. The van der Waals surface area contributed by atoms with Crippen LogP contribution in [0.5, 0.6) is 0 Å². The van der Waals surface area contributed by atoms with Crippen molar-refractivity contribution in [1.82, 2.24) is 14.3 Å². The molecule has 1 heterocycles. The van der Waals surface area contributed by atoms with E-state index in [0.717, 1.165) is 30.7 Å². The molecule has 2 unspecified atom stereocenters. The molecule has 0 saturated carbocycles. The van der Waals surface area contributed by atoms with E-state index in [1.807, 2.05) is 13.8 Å². The van der Waals surface area contributed by atoms with Crippen molar-refractivity contribution in [1.29, 1.82) is 0 Å². The summed E-state index contributed by atoms with van der Waals surface area (Å²) in [6.07, 6.45) is -3.48. The monoisotopic (exact) mass is 407 g/mol. The fourth-order valence-electron chi connectivity index (χ4n) is 3.16. The molecule has 1 aliphatic rings. The number of rotatable bonds is 6. The van der Waals surface area contributed by atoms with Crippen molar-refractivity contribution in [2.75, 3.05) is 26.2 Å². The van der Waals surface area contributed by atoms with Crippen molar-refractivity contribution in [2.24, 2.45) is 11.8 Å². The van der Waals surface area contributed by atoms with E-state index < -0.39 is 27.9 Å². The van der Waals surface area contributed by atoms with Crippen molar-refractivity contribution >= 4 is 16.1 Å². The molecular formula is C17H24F3N3O3S. The minimum absolute atomic E-state index is 0.00598. The Bertz CT molecular complexity index is 741. The number of alkyl halides is 3. The Morgan fingerprint density at radius 3 is 2.19 bits per heavy atom. The van der Waals surface area contributed by atoms with Crippen LogP contribution in [0.1, 0.15) is 36.2 Å². The van der Waals surface area contributed by atoms with Gasteiger partial charge in [-0.25, -0.2) is 4.72 Å². The first-order valence-corrected chi connectivity index (χ1v) is 10.1.